The van der Waals surface area contributed by atoms with Crippen LogP contribution in [0.15, 0.2) is 97.6 Å². The normalized spacial score (nSPS) is 10.6. The largest absolute Gasteiger partial charge is 0.497 e. The zero-order chi connectivity index (χ0) is 18.1. The molecule has 4 heteroatoms. The van der Waals surface area contributed by atoms with Gasteiger partial charge in [0.2, 0.25) is 0 Å². The molecule has 0 aliphatic carbocycles. The molecule has 1 aromatic rings. The van der Waals surface area contributed by atoms with E-state index in [2.05, 4.69) is 26.3 Å². The van der Waals surface area contributed by atoms with Gasteiger partial charge in [0.15, 0.2) is 0 Å². The third-order valence-electron chi connectivity index (χ3n) is 2.90. The standard InChI is InChI=1S/C20H19FO3/c1-14(6-8-16(3)21)15(2)7-9-17(4)24-20(22)18-10-12-19(23-5)13-11-18/h6-13H,1-4H2,5H3/b8-6-,9-7-. The van der Waals surface area contributed by atoms with Crippen LogP contribution in [0, 0.1) is 0 Å². The number of hydrogen-bond acceptors (Lipinski definition) is 3. The predicted octanol–water partition coefficient (Wildman–Crippen LogP) is 5.07. The van der Waals surface area contributed by atoms with E-state index in [4.69, 9.17) is 9.47 Å². The second-order valence-corrected chi connectivity index (χ2v) is 4.75. The van der Waals surface area contributed by atoms with Crippen LogP contribution in [0.5, 0.6) is 5.75 Å². The topological polar surface area (TPSA) is 35.5 Å². The van der Waals surface area contributed by atoms with Crippen LogP contribution in [-0.2, 0) is 4.74 Å². The van der Waals surface area contributed by atoms with Crippen molar-refractivity contribution >= 4 is 5.97 Å². The van der Waals surface area contributed by atoms with Gasteiger partial charge in [0, 0.05) is 0 Å². The maximum atomic E-state index is 12.5. The zero-order valence-corrected chi connectivity index (χ0v) is 13.5. The van der Waals surface area contributed by atoms with E-state index in [9.17, 15) is 9.18 Å². The quantitative estimate of drug-likeness (QED) is 0.380. The van der Waals surface area contributed by atoms with Crippen molar-refractivity contribution in [3.8, 4) is 5.75 Å². The third-order valence-corrected chi connectivity index (χ3v) is 2.90. The Kier molecular flexibility index (Phi) is 7.17. The lowest BCUT2D eigenvalue weighted by molar-refractivity contribution is 0.0638. The van der Waals surface area contributed by atoms with E-state index < -0.39 is 11.8 Å². The van der Waals surface area contributed by atoms with Gasteiger partial charge in [-0.3, -0.25) is 0 Å². The molecule has 0 saturated carbocycles. The molecule has 0 bridgehead atoms. The number of ether oxygens (including phenoxy) is 2. The third kappa shape index (κ3) is 6.32. The number of benzene rings is 1. The van der Waals surface area contributed by atoms with Crippen molar-refractivity contribution < 1.29 is 18.7 Å². The van der Waals surface area contributed by atoms with Crippen molar-refractivity contribution in [1.82, 2.24) is 0 Å². The molecule has 1 rings (SSSR count). The van der Waals surface area contributed by atoms with Crippen LogP contribution in [0.2, 0.25) is 0 Å². The fourth-order valence-corrected chi connectivity index (χ4v) is 1.54. The molecule has 0 saturated heterocycles. The molecule has 0 aliphatic heterocycles. The van der Waals surface area contributed by atoms with E-state index in [1.54, 1.807) is 37.5 Å². The SMILES string of the molecule is C=C(F)/C=C\C(=C)C(=C)/C=C\C(=C)OC(=O)c1ccc(OC)cc1. The molecular formula is C20H19FO3. The average Bonchev–Trinajstić information content (AvgIpc) is 2.57. The Hall–Kier alpha value is -3.14. The Morgan fingerprint density at radius 2 is 1.50 bits per heavy atom. The molecule has 0 unspecified atom stereocenters. The molecule has 24 heavy (non-hydrogen) atoms. The van der Waals surface area contributed by atoms with Gasteiger partial charge in [0.25, 0.3) is 0 Å². The van der Waals surface area contributed by atoms with Gasteiger partial charge in [0.1, 0.15) is 17.3 Å². The monoisotopic (exact) mass is 326 g/mol. The van der Waals surface area contributed by atoms with Gasteiger partial charge < -0.3 is 9.47 Å². The van der Waals surface area contributed by atoms with E-state index >= 15 is 0 Å². The summed E-state index contributed by atoms with van der Waals surface area (Å²) in [5, 5.41) is 0. The number of hydrogen-bond donors (Lipinski definition) is 0. The molecule has 3 nitrogen and oxygen atoms in total. The van der Waals surface area contributed by atoms with Gasteiger partial charge in [-0.15, -0.1) is 0 Å². The van der Waals surface area contributed by atoms with E-state index in [1.165, 1.54) is 18.2 Å². The molecule has 0 heterocycles. The lowest BCUT2D eigenvalue weighted by Gasteiger charge is -2.05. The minimum Gasteiger partial charge on any atom is -0.497 e. The maximum absolute atomic E-state index is 12.5. The lowest BCUT2D eigenvalue weighted by Crippen LogP contribution is -2.03. The van der Waals surface area contributed by atoms with E-state index in [0.29, 0.717) is 22.5 Å². The number of carbonyl (C=O) groups excluding carboxylic acids is 1. The van der Waals surface area contributed by atoms with Gasteiger partial charge in [0.05, 0.1) is 12.7 Å². The minimum atomic E-state index is -0.578. The summed E-state index contributed by atoms with van der Waals surface area (Å²) in [5.41, 5.74) is 1.39. The van der Waals surface area contributed by atoms with Gasteiger partial charge in [-0.2, -0.15) is 0 Å². The van der Waals surface area contributed by atoms with E-state index in [1.807, 2.05) is 0 Å². The van der Waals surface area contributed by atoms with Gasteiger partial charge in [-0.1, -0.05) is 38.5 Å². The summed E-state index contributed by atoms with van der Waals surface area (Å²) in [5.74, 6) is -0.330. The minimum absolute atomic E-state index is 0.142. The van der Waals surface area contributed by atoms with Crippen LogP contribution in [0.3, 0.4) is 0 Å². The van der Waals surface area contributed by atoms with E-state index in [-0.39, 0.29) is 5.76 Å². The summed E-state index contributed by atoms with van der Waals surface area (Å²) < 4.78 is 22.7. The average molecular weight is 326 g/mol. The Morgan fingerprint density at radius 3 is 2.00 bits per heavy atom. The Bertz CT molecular complexity index is 722. The Morgan fingerprint density at radius 1 is 0.958 bits per heavy atom. The molecule has 0 spiro atoms. The fourth-order valence-electron chi connectivity index (χ4n) is 1.54. The molecule has 0 aliphatic rings. The van der Waals surface area contributed by atoms with Gasteiger partial charge >= 0.3 is 5.97 Å². The highest BCUT2D eigenvalue weighted by Gasteiger charge is 2.08. The molecule has 0 N–H and O–H groups in total. The lowest BCUT2D eigenvalue weighted by atomic mass is 10.1. The second-order valence-electron chi connectivity index (χ2n) is 4.75. The smallest absolute Gasteiger partial charge is 0.343 e. The Labute approximate surface area is 141 Å². The van der Waals surface area contributed by atoms with Crippen LogP contribution in [-0.4, -0.2) is 13.1 Å². The van der Waals surface area contributed by atoms with Gasteiger partial charge in [-0.05, 0) is 47.6 Å². The van der Waals surface area contributed by atoms with Crippen LogP contribution in [0.1, 0.15) is 10.4 Å². The predicted molar refractivity (Wildman–Crippen MR) is 94.4 cm³/mol. The first-order valence-electron chi connectivity index (χ1n) is 6.97. The maximum Gasteiger partial charge on any atom is 0.343 e. The summed E-state index contributed by atoms with van der Waals surface area (Å²) in [4.78, 5) is 12.0. The van der Waals surface area contributed by atoms with Crippen molar-refractivity contribution in [2.75, 3.05) is 7.11 Å². The summed E-state index contributed by atoms with van der Waals surface area (Å²) >= 11 is 0. The first-order chi connectivity index (χ1) is 11.3. The summed E-state index contributed by atoms with van der Waals surface area (Å²) in [6.07, 6.45) is 5.67. The van der Waals surface area contributed by atoms with Crippen LogP contribution in [0.25, 0.3) is 0 Å². The first kappa shape index (κ1) is 18.9. The van der Waals surface area contributed by atoms with Crippen molar-refractivity contribution in [3.05, 3.63) is 103 Å². The highest BCUT2D eigenvalue weighted by atomic mass is 19.1. The van der Waals surface area contributed by atoms with Crippen LogP contribution >= 0.6 is 0 Å². The molecule has 0 aromatic heterocycles. The highest BCUT2D eigenvalue weighted by molar-refractivity contribution is 5.90. The molecule has 124 valence electrons. The van der Waals surface area contributed by atoms with Crippen molar-refractivity contribution in [1.29, 1.82) is 0 Å². The number of rotatable bonds is 8. The summed E-state index contributed by atoms with van der Waals surface area (Å²) in [6, 6.07) is 6.50. The second kappa shape index (κ2) is 9.10. The number of halogens is 1. The molecular weight excluding hydrogens is 307 g/mol. The summed E-state index contributed by atoms with van der Waals surface area (Å²) in [6.45, 7) is 14.3. The fraction of sp³-hybridized carbons (Fsp3) is 0.0500. The van der Waals surface area contributed by atoms with Crippen molar-refractivity contribution in [2.24, 2.45) is 0 Å². The number of methoxy groups -OCH3 is 1. The number of esters is 1. The number of allylic oxidation sites excluding steroid dienone is 7. The molecule has 0 fully saturated rings. The first-order valence-corrected chi connectivity index (χ1v) is 6.97. The zero-order valence-electron chi connectivity index (χ0n) is 13.5. The molecule has 1 aromatic carbocycles. The molecule has 0 atom stereocenters. The molecule has 0 radical (unpaired) electrons. The Balaban J connectivity index is 2.61. The summed E-state index contributed by atoms with van der Waals surface area (Å²) in [7, 11) is 1.54. The molecule has 0 amide bonds. The van der Waals surface area contributed by atoms with Crippen LogP contribution in [0.4, 0.5) is 4.39 Å². The highest BCUT2D eigenvalue weighted by Crippen LogP contribution is 2.15. The van der Waals surface area contributed by atoms with Crippen LogP contribution < -0.4 is 4.74 Å². The number of carbonyl (C=O) groups is 1. The van der Waals surface area contributed by atoms with Crippen molar-refractivity contribution in [3.63, 3.8) is 0 Å². The van der Waals surface area contributed by atoms with Crippen molar-refractivity contribution in [2.45, 2.75) is 0 Å². The van der Waals surface area contributed by atoms with E-state index in [0.717, 1.165) is 0 Å². The van der Waals surface area contributed by atoms with Gasteiger partial charge in [-0.25, -0.2) is 9.18 Å².